The lowest BCUT2D eigenvalue weighted by Gasteiger charge is -2.08. The second-order valence-corrected chi connectivity index (χ2v) is 7.65. The van der Waals surface area contributed by atoms with Gasteiger partial charge in [0, 0.05) is 22.4 Å². The van der Waals surface area contributed by atoms with Gasteiger partial charge in [-0.05, 0) is 43.3 Å². The number of thiazole rings is 1. The number of hydrogen-bond donors (Lipinski definition) is 0. The molecule has 4 rings (SSSR count). The van der Waals surface area contributed by atoms with E-state index in [9.17, 15) is 0 Å². The minimum absolute atomic E-state index is 0.882. The number of nitrogens with zero attached hydrogens (tertiary/aromatic N) is 4. The largest absolute Gasteiger partial charge is 0.408 e. The van der Waals surface area contributed by atoms with Crippen molar-refractivity contribution in [2.75, 3.05) is 0 Å². The van der Waals surface area contributed by atoms with Gasteiger partial charge in [0.25, 0.3) is 0 Å². The van der Waals surface area contributed by atoms with Crippen LogP contribution in [-0.2, 0) is 13.1 Å². The Morgan fingerprint density at radius 1 is 0.963 bits per heavy atom. The van der Waals surface area contributed by atoms with Crippen molar-refractivity contribution in [1.29, 1.82) is 0 Å². The Morgan fingerprint density at radius 2 is 1.70 bits per heavy atom. The molecule has 0 aliphatic heterocycles. The van der Waals surface area contributed by atoms with E-state index >= 15 is 0 Å². The van der Waals surface area contributed by atoms with Gasteiger partial charge in [-0.15, -0.1) is 0 Å². The maximum atomic E-state index is 4.77. The number of para-hydroxylation sites is 1. The van der Waals surface area contributed by atoms with Crippen LogP contribution in [0.5, 0.6) is 0 Å². The predicted octanol–water partition coefficient (Wildman–Crippen LogP) is 6.42. The molecule has 0 radical (unpaired) electrons. The number of fused-ring (bicyclic) bond motifs is 1. The van der Waals surface area contributed by atoms with Crippen LogP contribution < -0.4 is 4.57 Å². The summed E-state index contributed by atoms with van der Waals surface area (Å²) in [5.74, 6) is 0. The van der Waals surface area contributed by atoms with Gasteiger partial charge in [0.15, 0.2) is 0 Å². The maximum absolute atomic E-state index is 4.77. The van der Waals surface area contributed by atoms with Crippen molar-refractivity contribution in [2.45, 2.75) is 33.9 Å². The summed E-state index contributed by atoms with van der Waals surface area (Å²) in [4.78, 5) is 1.24. The number of aryl methyl sites for hydroxylation is 3. The normalized spacial score (nSPS) is 11.7. The Balaban J connectivity index is 1.95. The van der Waals surface area contributed by atoms with Gasteiger partial charge in [-0.25, -0.2) is 4.57 Å². The SMILES string of the molecule is CCn1c(-c2ccccc2)c(N=Nc2sc(C)c[n+]2CC)c2ccccc21. The highest BCUT2D eigenvalue weighted by Crippen LogP contribution is 2.41. The van der Waals surface area contributed by atoms with E-state index in [1.165, 1.54) is 10.4 Å². The summed E-state index contributed by atoms with van der Waals surface area (Å²) in [5, 5.41) is 11.5. The molecule has 0 atom stereocenters. The van der Waals surface area contributed by atoms with Gasteiger partial charge in [-0.1, -0.05) is 48.5 Å². The highest BCUT2D eigenvalue weighted by Gasteiger charge is 2.20. The number of aromatic nitrogens is 2. The van der Waals surface area contributed by atoms with E-state index in [1.54, 1.807) is 11.3 Å². The molecule has 0 fully saturated rings. The molecule has 5 heteroatoms. The van der Waals surface area contributed by atoms with Gasteiger partial charge in [0.2, 0.25) is 0 Å². The lowest BCUT2D eigenvalue weighted by molar-refractivity contribution is -0.677. The first-order chi connectivity index (χ1) is 13.2. The molecule has 27 heavy (non-hydrogen) atoms. The summed E-state index contributed by atoms with van der Waals surface area (Å²) in [6.45, 7) is 8.18. The van der Waals surface area contributed by atoms with Crippen LogP contribution in [-0.4, -0.2) is 4.57 Å². The van der Waals surface area contributed by atoms with Gasteiger partial charge in [-0.2, -0.15) is 0 Å². The zero-order valence-electron chi connectivity index (χ0n) is 15.9. The quantitative estimate of drug-likeness (QED) is 0.285. The molecule has 4 nitrogen and oxygen atoms in total. The van der Waals surface area contributed by atoms with E-state index in [0.29, 0.717) is 0 Å². The number of hydrogen-bond acceptors (Lipinski definition) is 3. The Bertz CT molecular complexity index is 1110. The highest BCUT2D eigenvalue weighted by molar-refractivity contribution is 7.14. The van der Waals surface area contributed by atoms with Crippen molar-refractivity contribution < 1.29 is 4.57 Å². The molecule has 2 aromatic heterocycles. The van der Waals surface area contributed by atoms with Crippen molar-refractivity contribution in [3.8, 4) is 11.3 Å². The zero-order chi connectivity index (χ0) is 18.8. The fraction of sp³-hybridized carbons (Fsp3) is 0.227. The van der Waals surface area contributed by atoms with Crippen molar-refractivity contribution >= 4 is 33.1 Å². The summed E-state index contributed by atoms with van der Waals surface area (Å²) in [5.41, 5.74) is 4.42. The van der Waals surface area contributed by atoms with Gasteiger partial charge < -0.3 is 4.57 Å². The molecule has 0 bridgehead atoms. The fourth-order valence-corrected chi connectivity index (χ4v) is 4.35. The van der Waals surface area contributed by atoms with E-state index in [0.717, 1.165) is 40.6 Å². The molecular formula is C22H23N4S+. The third kappa shape index (κ3) is 3.19. The topological polar surface area (TPSA) is 33.5 Å². The third-order valence-electron chi connectivity index (χ3n) is 4.72. The van der Waals surface area contributed by atoms with Crippen LogP contribution in [0.25, 0.3) is 22.2 Å². The fourth-order valence-electron chi connectivity index (χ4n) is 3.50. The predicted molar refractivity (Wildman–Crippen MR) is 112 cm³/mol. The Hall–Kier alpha value is -2.79. The van der Waals surface area contributed by atoms with Crippen LogP contribution in [0.4, 0.5) is 10.8 Å². The molecule has 136 valence electrons. The van der Waals surface area contributed by atoms with Crippen LogP contribution in [0, 0.1) is 6.92 Å². The average Bonchev–Trinajstić information content (AvgIpc) is 3.23. The van der Waals surface area contributed by atoms with E-state index in [-0.39, 0.29) is 0 Å². The summed E-state index contributed by atoms with van der Waals surface area (Å²) in [6, 6.07) is 18.9. The van der Waals surface area contributed by atoms with Crippen molar-refractivity contribution in [3.05, 3.63) is 65.7 Å². The maximum Gasteiger partial charge on any atom is 0.408 e. The van der Waals surface area contributed by atoms with E-state index in [2.05, 4.69) is 89.7 Å². The second-order valence-electron chi connectivity index (χ2n) is 6.44. The van der Waals surface area contributed by atoms with Gasteiger partial charge in [0.05, 0.1) is 22.9 Å². The first-order valence-electron chi connectivity index (χ1n) is 9.31. The van der Waals surface area contributed by atoms with Gasteiger partial charge >= 0.3 is 5.13 Å². The van der Waals surface area contributed by atoms with Gasteiger partial charge in [0.1, 0.15) is 11.9 Å². The van der Waals surface area contributed by atoms with E-state index in [4.69, 9.17) is 5.11 Å². The molecule has 2 heterocycles. The van der Waals surface area contributed by atoms with Crippen LogP contribution in [0.1, 0.15) is 18.7 Å². The molecule has 0 aliphatic rings. The Kier molecular flexibility index (Phi) is 4.86. The van der Waals surface area contributed by atoms with Crippen molar-refractivity contribution in [1.82, 2.24) is 4.57 Å². The number of azo groups is 1. The summed E-state index contributed by atoms with van der Waals surface area (Å²) >= 11 is 1.67. The molecule has 0 spiro atoms. The minimum atomic E-state index is 0.882. The molecule has 0 unspecified atom stereocenters. The van der Waals surface area contributed by atoms with Crippen molar-refractivity contribution in [2.24, 2.45) is 10.2 Å². The van der Waals surface area contributed by atoms with Crippen LogP contribution in [0.15, 0.2) is 71.0 Å². The standard InChI is InChI=1S/C22H23N4S/c1-4-25-15-16(3)27-22(25)24-23-20-18-13-9-10-14-19(18)26(5-2)21(20)17-11-7-6-8-12-17/h6-15H,4-5H2,1-3H3/q+1. The van der Waals surface area contributed by atoms with E-state index in [1.807, 2.05) is 6.07 Å². The molecule has 0 N–H and O–H groups in total. The molecule has 4 aromatic rings. The summed E-state index contributed by atoms with van der Waals surface area (Å²) in [6.07, 6.45) is 2.13. The summed E-state index contributed by atoms with van der Waals surface area (Å²) < 4.78 is 4.47. The molecule has 2 aromatic carbocycles. The Labute approximate surface area is 163 Å². The lowest BCUT2D eigenvalue weighted by atomic mass is 10.1. The van der Waals surface area contributed by atoms with Crippen LogP contribution >= 0.6 is 11.3 Å². The molecule has 0 aliphatic carbocycles. The number of rotatable bonds is 5. The molecule has 0 amide bonds. The second kappa shape index (κ2) is 7.45. The van der Waals surface area contributed by atoms with Crippen LogP contribution in [0.2, 0.25) is 0 Å². The van der Waals surface area contributed by atoms with Crippen LogP contribution in [0.3, 0.4) is 0 Å². The first kappa shape index (κ1) is 17.6. The smallest absolute Gasteiger partial charge is 0.339 e. The zero-order valence-corrected chi connectivity index (χ0v) is 16.7. The lowest BCUT2D eigenvalue weighted by Crippen LogP contribution is -2.28. The van der Waals surface area contributed by atoms with Gasteiger partial charge in [-0.3, -0.25) is 0 Å². The average molecular weight is 376 g/mol. The molecular weight excluding hydrogens is 352 g/mol. The highest BCUT2D eigenvalue weighted by atomic mass is 32.1. The first-order valence-corrected chi connectivity index (χ1v) is 10.1. The monoisotopic (exact) mass is 375 g/mol. The Morgan fingerprint density at radius 3 is 2.44 bits per heavy atom. The molecule has 0 saturated carbocycles. The summed E-state index contributed by atoms with van der Waals surface area (Å²) in [7, 11) is 0. The van der Waals surface area contributed by atoms with E-state index < -0.39 is 0 Å². The molecule has 0 saturated heterocycles. The number of benzene rings is 2. The van der Waals surface area contributed by atoms with Crippen molar-refractivity contribution in [3.63, 3.8) is 0 Å². The minimum Gasteiger partial charge on any atom is -0.339 e. The third-order valence-corrected chi connectivity index (χ3v) is 5.65.